The normalized spacial score (nSPS) is 14.9. The Bertz CT molecular complexity index is 1020. The first-order valence-electron chi connectivity index (χ1n) is 9.91. The molecule has 0 bridgehead atoms. The van der Waals surface area contributed by atoms with Crippen molar-refractivity contribution in [2.24, 2.45) is 0 Å². The van der Waals surface area contributed by atoms with Gasteiger partial charge in [-0.1, -0.05) is 29.7 Å². The quantitative estimate of drug-likeness (QED) is 0.710. The molecule has 160 valence electrons. The summed E-state index contributed by atoms with van der Waals surface area (Å²) in [7, 11) is -3.59. The number of benzene rings is 2. The lowest BCUT2D eigenvalue weighted by Crippen LogP contribution is -2.35. The number of rotatable bonds is 6. The smallest absolute Gasteiger partial charge is 0.338 e. The van der Waals surface area contributed by atoms with Crippen molar-refractivity contribution in [1.82, 2.24) is 4.31 Å². The third-order valence-electron chi connectivity index (χ3n) is 4.86. The van der Waals surface area contributed by atoms with Crippen molar-refractivity contribution in [3.05, 3.63) is 59.2 Å². The first kappa shape index (κ1) is 22.0. The average Bonchev–Trinajstić information content (AvgIpc) is 2.72. The summed E-state index contributed by atoms with van der Waals surface area (Å²) in [6.45, 7) is 4.30. The Balaban J connectivity index is 1.61. The fraction of sp³-hybridized carbons (Fsp3) is 0.364. The van der Waals surface area contributed by atoms with E-state index in [1.165, 1.54) is 16.4 Å². The number of carbonyl (C=O) groups excluding carboxylic acids is 2. The van der Waals surface area contributed by atoms with Crippen LogP contribution >= 0.6 is 0 Å². The zero-order valence-corrected chi connectivity index (χ0v) is 18.0. The molecule has 1 saturated heterocycles. The van der Waals surface area contributed by atoms with E-state index in [-0.39, 0.29) is 4.90 Å². The van der Waals surface area contributed by atoms with Crippen LogP contribution in [0.5, 0.6) is 0 Å². The minimum atomic E-state index is -3.59. The molecule has 1 heterocycles. The molecule has 0 atom stereocenters. The lowest BCUT2D eigenvalue weighted by molar-refractivity contribution is -0.119. The molecule has 0 aromatic heterocycles. The Kier molecular flexibility index (Phi) is 6.89. The molecule has 0 spiro atoms. The summed E-state index contributed by atoms with van der Waals surface area (Å²) < 4.78 is 32.2. The van der Waals surface area contributed by atoms with Crippen molar-refractivity contribution < 1.29 is 22.7 Å². The van der Waals surface area contributed by atoms with Crippen LogP contribution in [-0.4, -0.2) is 44.3 Å². The monoisotopic (exact) mass is 430 g/mol. The van der Waals surface area contributed by atoms with Gasteiger partial charge in [0.15, 0.2) is 6.61 Å². The van der Waals surface area contributed by atoms with Crippen LogP contribution < -0.4 is 5.32 Å². The van der Waals surface area contributed by atoms with Crippen molar-refractivity contribution >= 4 is 27.6 Å². The molecule has 1 amide bonds. The van der Waals surface area contributed by atoms with Gasteiger partial charge in [-0.3, -0.25) is 4.79 Å². The van der Waals surface area contributed by atoms with Gasteiger partial charge < -0.3 is 10.1 Å². The van der Waals surface area contributed by atoms with Crippen LogP contribution in [-0.2, 0) is 19.6 Å². The largest absolute Gasteiger partial charge is 0.452 e. The molecule has 8 heteroatoms. The molecule has 1 aliphatic heterocycles. The van der Waals surface area contributed by atoms with Gasteiger partial charge in [-0.05, 0) is 57.0 Å². The lowest BCUT2D eigenvalue weighted by Gasteiger charge is -2.26. The van der Waals surface area contributed by atoms with Gasteiger partial charge >= 0.3 is 5.97 Å². The Labute approximate surface area is 177 Å². The first-order chi connectivity index (χ1) is 14.3. The standard InChI is InChI=1S/C22H26N2O5S/c1-16-11-17(2)13-18(12-16)22(26)29-15-21(25)23-19-7-6-8-20(14-19)30(27,28)24-9-4-3-5-10-24/h6-8,11-14H,3-5,9-10,15H2,1-2H3,(H,23,25). The Hall–Kier alpha value is -2.71. The van der Waals surface area contributed by atoms with Crippen LogP contribution in [0.4, 0.5) is 5.69 Å². The van der Waals surface area contributed by atoms with E-state index in [9.17, 15) is 18.0 Å². The molecule has 2 aromatic carbocycles. The van der Waals surface area contributed by atoms with Crippen molar-refractivity contribution in [2.75, 3.05) is 25.0 Å². The molecule has 0 unspecified atom stereocenters. The van der Waals surface area contributed by atoms with E-state index in [0.29, 0.717) is 24.3 Å². The number of amides is 1. The summed E-state index contributed by atoms with van der Waals surface area (Å²) in [6.07, 6.45) is 2.73. The highest BCUT2D eigenvalue weighted by Crippen LogP contribution is 2.23. The first-order valence-corrected chi connectivity index (χ1v) is 11.4. The average molecular weight is 431 g/mol. The topological polar surface area (TPSA) is 92.8 Å². The highest BCUT2D eigenvalue weighted by Gasteiger charge is 2.26. The maximum atomic E-state index is 12.8. The van der Waals surface area contributed by atoms with Gasteiger partial charge in [-0.15, -0.1) is 0 Å². The molecule has 1 aliphatic rings. The molecule has 0 saturated carbocycles. The van der Waals surface area contributed by atoms with Crippen LogP contribution in [0.15, 0.2) is 47.4 Å². The highest BCUT2D eigenvalue weighted by atomic mass is 32.2. The van der Waals surface area contributed by atoms with Crippen molar-refractivity contribution in [3.8, 4) is 0 Å². The highest BCUT2D eigenvalue weighted by molar-refractivity contribution is 7.89. The number of carbonyl (C=O) groups is 2. The Morgan fingerprint density at radius 1 is 1.00 bits per heavy atom. The second kappa shape index (κ2) is 9.40. The summed E-state index contributed by atoms with van der Waals surface area (Å²) in [5, 5.41) is 2.59. The summed E-state index contributed by atoms with van der Waals surface area (Å²) in [5.74, 6) is -1.13. The van der Waals surface area contributed by atoms with Gasteiger partial charge in [0.1, 0.15) is 0 Å². The van der Waals surface area contributed by atoms with E-state index in [4.69, 9.17) is 4.74 Å². The minimum absolute atomic E-state index is 0.134. The fourth-order valence-electron chi connectivity index (χ4n) is 3.49. The third kappa shape index (κ3) is 5.46. The number of aryl methyl sites for hydroxylation is 2. The summed E-state index contributed by atoms with van der Waals surface area (Å²) in [4.78, 5) is 24.5. The van der Waals surface area contributed by atoms with E-state index < -0.39 is 28.5 Å². The number of anilines is 1. The third-order valence-corrected chi connectivity index (χ3v) is 6.76. The van der Waals surface area contributed by atoms with E-state index in [1.54, 1.807) is 24.3 Å². The number of sulfonamides is 1. The molecule has 1 N–H and O–H groups in total. The number of hydrogen-bond acceptors (Lipinski definition) is 5. The second-order valence-corrected chi connectivity index (χ2v) is 9.43. The summed E-state index contributed by atoms with van der Waals surface area (Å²) in [6, 6.07) is 11.4. The van der Waals surface area contributed by atoms with E-state index >= 15 is 0 Å². The molecule has 2 aromatic rings. The van der Waals surface area contributed by atoms with Gasteiger partial charge in [0.25, 0.3) is 5.91 Å². The van der Waals surface area contributed by atoms with Crippen molar-refractivity contribution in [1.29, 1.82) is 0 Å². The number of esters is 1. The predicted molar refractivity (Wildman–Crippen MR) is 114 cm³/mol. The van der Waals surface area contributed by atoms with Gasteiger partial charge in [0.05, 0.1) is 10.5 Å². The molecule has 3 rings (SSSR count). The van der Waals surface area contributed by atoms with Crippen molar-refractivity contribution in [2.45, 2.75) is 38.0 Å². The molecule has 0 radical (unpaired) electrons. The minimum Gasteiger partial charge on any atom is -0.452 e. The van der Waals surface area contributed by atoms with E-state index in [1.807, 2.05) is 19.9 Å². The van der Waals surface area contributed by atoms with Crippen LogP contribution in [0.3, 0.4) is 0 Å². The van der Waals surface area contributed by atoms with Crippen molar-refractivity contribution in [3.63, 3.8) is 0 Å². The Morgan fingerprint density at radius 3 is 2.33 bits per heavy atom. The van der Waals surface area contributed by atoms with E-state index in [2.05, 4.69) is 5.32 Å². The van der Waals surface area contributed by atoms with Gasteiger partial charge in [0.2, 0.25) is 10.0 Å². The van der Waals surface area contributed by atoms with Crippen LogP contribution in [0.2, 0.25) is 0 Å². The number of nitrogens with zero attached hydrogens (tertiary/aromatic N) is 1. The van der Waals surface area contributed by atoms with Gasteiger partial charge in [0, 0.05) is 18.8 Å². The zero-order valence-electron chi connectivity index (χ0n) is 17.2. The Morgan fingerprint density at radius 2 is 1.67 bits per heavy atom. The zero-order chi connectivity index (χ0) is 21.7. The fourth-order valence-corrected chi connectivity index (χ4v) is 5.06. The van der Waals surface area contributed by atoms with E-state index in [0.717, 1.165) is 30.4 Å². The summed E-state index contributed by atoms with van der Waals surface area (Å²) >= 11 is 0. The van der Waals surface area contributed by atoms with Gasteiger partial charge in [-0.2, -0.15) is 4.31 Å². The lowest BCUT2D eigenvalue weighted by atomic mass is 10.1. The maximum Gasteiger partial charge on any atom is 0.338 e. The molecule has 30 heavy (non-hydrogen) atoms. The molecule has 0 aliphatic carbocycles. The van der Waals surface area contributed by atoms with Crippen LogP contribution in [0.1, 0.15) is 40.7 Å². The molecule has 1 fully saturated rings. The maximum absolute atomic E-state index is 12.8. The number of nitrogens with one attached hydrogen (secondary N) is 1. The number of hydrogen-bond donors (Lipinski definition) is 1. The SMILES string of the molecule is Cc1cc(C)cc(C(=O)OCC(=O)Nc2cccc(S(=O)(=O)N3CCCCC3)c2)c1. The predicted octanol–water partition coefficient (Wildman–Crippen LogP) is 3.27. The van der Waals surface area contributed by atoms with Crippen LogP contribution in [0, 0.1) is 13.8 Å². The molecular weight excluding hydrogens is 404 g/mol. The number of ether oxygens (including phenoxy) is 1. The molecular formula is C22H26N2O5S. The second-order valence-electron chi connectivity index (χ2n) is 7.49. The number of piperidine rings is 1. The van der Waals surface area contributed by atoms with Gasteiger partial charge in [-0.25, -0.2) is 13.2 Å². The molecule has 7 nitrogen and oxygen atoms in total. The van der Waals surface area contributed by atoms with Crippen LogP contribution in [0.25, 0.3) is 0 Å². The summed E-state index contributed by atoms with van der Waals surface area (Å²) in [5.41, 5.74) is 2.58.